The lowest BCUT2D eigenvalue weighted by Crippen LogP contribution is -2.45. The molecule has 144 valence electrons. The Kier molecular flexibility index (Phi) is 6.66. The van der Waals surface area contributed by atoms with Crippen LogP contribution in [0.5, 0.6) is 5.75 Å². The van der Waals surface area contributed by atoms with Crippen molar-refractivity contribution in [3.8, 4) is 5.75 Å². The van der Waals surface area contributed by atoms with Gasteiger partial charge >= 0.3 is 6.61 Å². The monoisotopic (exact) mass is 366 g/mol. The minimum absolute atomic E-state index is 0.172. The minimum Gasteiger partial charge on any atom is -0.435 e. The average Bonchev–Trinajstić information content (AvgIpc) is 3.29. The van der Waals surface area contributed by atoms with E-state index < -0.39 is 6.61 Å². The van der Waals surface area contributed by atoms with Gasteiger partial charge in [-0.05, 0) is 37.0 Å². The van der Waals surface area contributed by atoms with Gasteiger partial charge in [-0.25, -0.2) is 0 Å². The fraction of sp³-hybridized carbons (Fsp3) is 0.632. The number of guanidine groups is 1. The van der Waals surface area contributed by atoms with Crippen LogP contribution in [0.3, 0.4) is 0 Å². The molecule has 26 heavy (non-hydrogen) atoms. The van der Waals surface area contributed by atoms with E-state index in [0.717, 1.165) is 37.1 Å². The van der Waals surface area contributed by atoms with E-state index in [1.165, 1.54) is 31.7 Å². The molecule has 1 heterocycles. The number of benzene rings is 1. The first-order valence-electron chi connectivity index (χ1n) is 9.39. The number of nitrogens with zero attached hydrogens (tertiary/aromatic N) is 2. The van der Waals surface area contributed by atoms with Crippen LogP contribution in [0.4, 0.5) is 8.78 Å². The van der Waals surface area contributed by atoms with E-state index in [4.69, 9.17) is 0 Å². The lowest BCUT2D eigenvalue weighted by Gasteiger charge is -2.24. The van der Waals surface area contributed by atoms with E-state index >= 15 is 0 Å². The van der Waals surface area contributed by atoms with E-state index in [9.17, 15) is 8.78 Å². The molecule has 1 saturated heterocycles. The summed E-state index contributed by atoms with van der Waals surface area (Å²) in [7, 11) is 1.75. The first-order valence-corrected chi connectivity index (χ1v) is 9.39. The number of hydrogen-bond acceptors (Lipinski definition) is 3. The van der Waals surface area contributed by atoms with Crippen LogP contribution in [-0.4, -0.2) is 49.7 Å². The van der Waals surface area contributed by atoms with E-state index in [0.29, 0.717) is 12.6 Å². The highest BCUT2D eigenvalue weighted by atomic mass is 19.3. The number of halogens is 2. The standard InChI is InChI=1S/C19H28F2N4O/c1-22-19(23-12-14-5-4-8-17(11-14)26-18(20)21)24-15-9-10-25(13-15)16-6-2-3-7-16/h4-5,8,11,15-16,18H,2-3,6-7,9-10,12-13H2,1H3,(H2,22,23,24). The summed E-state index contributed by atoms with van der Waals surface area (Å²) in [5.74, 6) is 0.911. The molecule has 7 heteroatoms. The second kappa shape index (κ2) is 9.16. The zero-order valence-corrected chi connectivity index (χ0v) is 15.3. The van der Waals surface area contributed by atoms with Crippen LogP contribution in [0.25, 0.3) is 0 Å². The van der Waals surface area contributed by atoms with Gasteiger partial charge in [-0.15, -0.1) is 0 Å². The Morgan fingerprint density at radius 2 is 2.12 bits per heavy atom. The van der Waals surface area contributed by atoms with E-state index in [2.05, 4.69) is 25.3 Å². The Bertz CT molecular complexity index is 605. The molecule has 0 aromatic heterocycles. The van der Waals surface area contributed by atoms with Gasteiger partial charge in [-0.3, -0.25) is 9.89 Å². The smallest absolute Gasteiger partial charge is 0.387 e. The van der Waals surface area contributed by atoms with Crippen LogP contribution < -0.4 is 15.4 Å². The van der Waals surface area contributed by atoms with Gasteiger partial charge in [-0.1, -0.05) is 25.0 Å². The molecule has 1 aliphatic carbocycles. The van der Waals surface area contributed by atoms with Crippen molar-refractivity contribution in [3.05, 3.63) is 29.8 Å². The number of ether oxygens (including phenoxy) is 1. The second-order valence-corrected chi connectivity index (χ2v) is 7.01. The summed E-state index contributed by atoms with van der Waals surface area (Å²) in [6, 6.07) is 7.88. The molecule has 5 nitrogen and oxygen atoms in total. The number of aliphatic imine (C=N–C) groups is 1. The van der Waals surface area contributed by atoms with Crippen molar-refractivity contribution in [1.82, 2.24) is 15.5 Å². The van der Waals surface area contributed by atoms with Crippen LogP contribution >= 0.6 is 0 Å². The Morgan fingerprint density at radius 1 is 1.31 bits per heavy atom. The summed E-state index contributed by atoms with van der Waals surface area (Å²) in [5, 5.41) is 6.74. The Hall–Kier alpha value is -1.89. The Labute approximate surface area is 153 Å². The quantitative estimate of drug-likeness (QED) is 0.600. The molecule has 2 N–H and O–H groups in total. The number of likely N-dealkylation sites (tertiary alicyclic amines) is 1. The molecular weight excluding hydrogens is 338 g/mol. The Balaban J connectivity index is 1.46. The van der Waals surface area contributed by atoms with E-state index in [-0.39, 0.29) is 5.75 Å². The predicted octanol–water partition coefficient (Wildman–Crippen LogP) is 2.97. The van der Waals surface area contributed by atoms with Gasteiger partial charge in [0.1, 0.15) is 5.75 Å². The Morgan fingerprint density at radius 3 is 2.85 bits per heavy atom. The summed E-state index contributed by atoms with van der Waals surface area (Å²) in [5.41, 5.74) is 0.866. The molecule has 1 aromatic rings. The summed E-state index contributed by atoms with van der Waals surface area (Å²) in [6.07, 6.45) is 6.50. The third-order valence-electron chi connectivity index (χ3n) is 5.21. The third kappa shape index (κ3) is 5.30. The second-order valence-electron chi connectivity index (χ2n) is 7.01. The maximum Gasteiger partial charge on any atom is 0.387 e. The average molecular weight is 366 g/mol. The zero-order chi connectivity index (χ0) is 18.4. The first-order chi connectivity index (χ1) is 12.6. The molecule has 0 bridgehead atoms. The lowest BCUT2D eigenvalue weighted by molar-refractivity contribution is -0.0498. The first kappa shape index (κ1) is 18.9. The van der Waals surface area contributed by atoms with Gasteiger partial charge in [0, 0.05) is 38.8 Å². The summed E-state index contributed by atoms with van der Waals surface area (Å²) in [6.45, 7) is -0.105. The number of rotatable bonds is 6. The molecule has 1 aliphatic heterocycles. The summed E-state index contributed by atoms with van der Waals surface area (Å²) in [4.78, 5) is 6.88. The van der Waals surface area contributed by atoms with Crippen molar-refractivity contribution in [2.45, 2.75) is 57.3 Å². The highest BCUT2D eigenvalue weighted by Gasteiger charge is 2.30. The van der Waals surface area contributed by atoms with Crippen molar-refractivity contribution >= 4 is 5.96 Å². The molecule has 1 unspecified atom stereocenters. The number of nitrogens with one attached hydrogen (secondary N) is 2. The van der Waals surface area contributed by atoms with Crippen LogP contribution in [0.15, 0.2) is 29.3 Å². The molecule has 0 spiro atoms. The normalized spacial score (nSPS) is 22.2. The molecule has 1 saturated carbocycles. The molecule has 2 fully saturated rings. The van der Waals surface area contributed by atoms with Crippen LogP contribution in [-0.2, 0) is 6.54 Å². The lowest BCUT2D eigenvalue weighted by atomic mass is 10.2. The van der Waals surface area contributed by atoms with Gasteiger partial charge < -0.3 is 15.4 Å². The number of hydrogen-bond donors (Lipinski definition) is 2. The predicted molar refractivity (Wildman–Crippen MR) is 98.6 cm³/mol. The molecule has 2 aliphatic rings. The van der Waals surface area contributed by atoms with Crippen LogP contribution in [0.1, 0.15) is 37.7 Å². The highest BCUT2D eigenvalue weighted by Crippen LogP contribution is 2.26. The highest BCUT2D eigenvalue weighted by molar-refractivity contribution is 5.80. The van der Waals surface area contributed by atoms with Crippen molar-refractivity contribution in [1.29, 1.82) is 0 Å². The molecule has 1 atom stereocenters. The van der Waals surface area contributed by atoms with E-state index in [1.807, 2.05) is 6.07 Å². The fourth-order valence-electron chi connectivity index (χ4n) is 3.91. The summed E-state index contributed by atoms with van der Waals surface area (Å²) >= 11 is 0. The fourth-order valence-corrected chi connectivity index (χ4v) is 3.91. The molecule has 0 radical (unpaired) electrons. The van der Waals surface area contributed by atoms with Gasteiger partial charge in [-0.2, -0.15) is 8.78 Å². The van der Waals surface area contributed by atoms with Crippen LogP contribution in [0, 0.1) is 0 Å². The van der Waals surface area contributed by atoms with Crippen molar-refractivity contribution in [2.75, 3.05) is 20.1 Å². The van der Waals surface area contributed by atoms with Gasteiger partial charge in [0.15, 0.2) is 5.96 Å². The van der Waals surface area contributed by atoms with Gasteiger partial charge in [0.25, 0.3) is 0 Å². The molecule has 3 rings (SSSR count). The topological polar surface area (TPSA) is 48.9 Å². The molecular formula is C19H28F2N4O. The minimum atomic E-state index is -2.81. The van der Waals surface area contributed by atoms with Crippen molar-refractivity contribution < 1.29 is 13.5 Å². The van der Waals surface area contributed by atoms with Crippen LogP contribution in [0.2, 0.25) is 0 Å². The van der Waals surface area contributed by atoms with Crippen molar-refractivity contribution in [2.24, 2.45) is 4.99 Å². The van der Waals surface area contributed by atoms with Crippen molar-refractivity contribution in [3.63, 3.8) is 0 Å². The number of alkyl halides is 2. The third-order valence-corrected chi connectivity index (χ3v) is 5.21. The largest absolute Gasteiger partial charge is 0.435 e. The van der Waals surface area contributed by atoms with Gasteiger partial charge in [0.05, 0.1) is 0 Å². The maximum absolute atomic E-state index is 12.3. The van der Waals surface area contributed by atoms with Gasteiger partial charge in [0.2, 0.25) is 0 Å². The molecule has 0 amide bonds. The SMILES string of the molecule is CN=C(NCc1cccc(OC(F)F)c1)NC1CCN(C2CCCC2)C1. The maximum atomic E-state index is 12.3. The van der Waals surface area contributed by atoms with E-state index in [1.54, 1.807) is 19.2 Å². The summed E-state index contributed by atoms with van der Waals surface area (Å²) < 4.78 is 29.1. The molecule has 1 aromatic carbocycles. The zero-order valence-electron chi connectivity index (χ0n) is 15.3.